The highest BCUT2D eigenvalue weighted by molar-refractivity contribution is 7.82. The van der Waals surface area contributed by atoms with Crippen LogP contribution in [0.3, 0.4) is 0 Å². The second-order valence-corrected chi connectivity index (χ2v) is 5.99. The van der Waals surface area contributed by atoms with E-state index < -0.39 is 35.1 Å². The van der Waals surface area contributed by atoms with E-state index >= 15 is 0 Å². The van der Waals surface area contributed by atoms with Gasteiger partial charge in [0.2, 0.25) is 0 Å². The van der Waals surface area contributed by atoms with E-state index in [1.54, 1.807) is 4.90 Å². The molecule has 1 aromatic carbocycles. The summed E-state index contributed by atoms with van der Waals surface area (Å²) in [4.78, 5) is 13.5. The lowest BCUT2D eigenvalue weighted by Crippen LogP contribution is -2.41. The number of anilines is 1. The SMILES string of the molecule is O=C(Nc1cc(C(F)(F)F)cc(C(F)(F)F)c1)C(=S)N1CCCCC1. The van der Waals surface area contributed by atoms with E-state index in [2.05, 4.69) is 0 Å². The van der Waals surface area contributed by atoms with Crippen LogP contribution >= 0.6 is 12.2 Å². The second kappa shape index (κ2) is 7.19. The van der Waals surface area contributed by atoms with Gasteiger partial charge in [0, 0.05) is 18.8 Å². The van der Waals surface area contributed by atoms with E-state index in [0.29, 0.717) is 25.2 Å². The van der Waals surface area contributed by atoms with Gasteiger partial charge in [-0.2, -0.15) is 26.3 Å². The molecule has 1 heterocycles. The number of carbonyl (C=O) groups is 1. The predicted octanol–water partition coefficient (Wildman–Crippen LogP) is 4.48. The summed E-state index contributed by atoms with van der Waals surface area (Å²) >= 11 is 4.98. The largest absolute Gasteiger partial charge is 0.416 e. The molecule has 1 aromatic rings. The monoisotopic (exact) mass is 384 g/mol. The molecule has 1 fully saturated rings. The number of carbonyl (C=O) groups excluding carboxylic acids is 1. The lowest BCUT2D eigenvalue weighted by molar-refractivity contribution is -0.143. The molecule has 25 heavy (non-hydrogen) atoms. The number of thiocarbonyl (C=S) groups is 1. The minimum Gasteiger partial charge on any atom is -0.358 e. The zero-order valence-electron chi connectivity index (χ0n) is 12.8. The predicted molar refractivity (Wildman–Crippen MR) is 83.1 cm³/mol. The Kier molecular flexibility index (Phi) is 5.60. The molecule has 1 saturated heterocycles. The summed E-state index contributed by atoms with van der Waals surface area (Å²) < 4.78 is 76.9. The number of halogens is 6. The number of hydrogen-bond acceptors (Lipinski definition) is 2. The standard InChI is InChI=1S/C15H14F6N2OS/c16-14(17,18)9-6-10(15(19,20)21)8-11(7-9)22-12(24)13(25)23-4-2-1-3-5-23/h6-8H,1-5H2,(H,22,24). The van der Waals surface area contributed by atoms with Gasteiger partial charge in [0.05, 0.1) is 11.1 Å². The summed E-state index contributed by atoms with van der Waals surface area (Å²) in [5, 5.41) is 2.04. The number of nitrogens with zero attached hydrogens (tertiary/aromatic N) is 1. The molecule has 3 nitrogen and oxygen atoms in total. The number of amides is 1. The Morgan fingerprint density at radius 1 is 0.920 bits per heavy atom. The van der Waals surface area contributed by atoms with Crippen LogP contribution in [0.25, 0.3) is 0 Å². The van der Waals surface area contributed by atoms with Gasteiger partial charge in [0.15, 0.2) is 4.99 Å². The van der Waals surface area contributed by atoms with Gasteiger partial charge in [-0.25, -0.2) is 0 Å². The maximum absolute atomic E-state index is 12.8. The summed E-state index contributed by atoms with van der Waals surface area (Å²) in [6.45, 7) is 1.06. The first-order chi connectivity index (χ1) is 11.5. The summed E-state index contributed by atoms with van der Waals surface area (Å²) in [5.74, 6) is -0.899. The van der Waals surface area contributed by atoms with Gasteiger partial charge in [-0.05, 0) is 37.5 Å². The maximum atomic E-state index is 12.8. The lowest BCUT2D eigenvalue weighted by Gasteiger charge is -2.28. The molecule has 0 radical (unpaired) electrons. The van der Waals surface area contributed by atoms with E-state index in [-0.39, 0.29) is 11.1 Å². The Morgan fingerprint density at radius 3 is 1.84 bits per heavy atom. The van der Waals surface area contributed by atoms with E-state index in [1.807, 2.05) is 5.32 Å². The Hall–Kier alpha value is -1.84. The van der Waals surface area contributed by atoms with Crippen LogP contribution in [0.15, 0.2) is 18.2 Å². The van der Waals surface area contributed by atoms with Gasteiger partial charge in [0.25, 0.3) is 5.91 Å². The third-order valence-electron chi connectivity index (χ3n) is 3.68. The molecular weight excluding hydrogens is 370 g/mol. The molecule has 0 bridgehead atoms. The number of likely N-dealkylation sites (tertiary alicyclic amines) is 1. The van der Waals surface area contributed by atoms with Crippen molar-refractivity contribution in [1.29, 1.82) is 0 Å². The summed E-state index contributed by atoms with van der Waals surface area (Å²) in [6.07, 6.45) is -7.35. The number of hydrogen-bond donors (Lipinski definition) is 1. The molecule has 1 N–H and O–H groups in total. The van der Waals surface area contributed by atoms with Crippen LogP contribution in [0.5, 0.6) is 0 Å². The molecule has 10 heteroatoms. The van der Waals surface area contributed by atoms with E-state index in [9.17, 15) is 31.1 Å². The second-order valence-electron chi connectivity index (χ2n) is 5.60. The zero-order valence-corrected chi connectivity index (χ0v) is 13.6. The van der Waals surface area contributed by atoms with Gasteiger partial charge >= 0.3 is 12.4 Å². The van der Waals surface area contributed by atoms with Crippen LogP contribution in [0.4, 0.5) is 32.0 Å². The number of piperidine rings is 1. The van der Waals surface area contributed by atoms with Crippen molar-refractivity contribution >= 4 is 28.8 Å². The highest BCUT2D eigenvalue weighted by atomic mass is 32.1. The summed E-state index contributed by atoms with van der Waals surface area (Å²) in [7, 11) is 0. The van der Waals surface area contributed by atoms with Crippen molar-refractivity contribution in [3.63, 3.8) is 0 Å². The number of rotatable bonds is 1. The fraction of sp³-hybridized carbons (Fsp3) is 0.467. The van der Waals surface area contributed by atoms with Crippen molar-refractivity contribution in [2.24, 2.45) is 0 Å². The average Bonchev–Trinajstić information content (AvgIpc) is 2.53. The highest BCUT2D eigenvalue weighted by Gasteiger charge is 2.37. The highest BCUT2D eigenvalue weighted by Crippen LogP contribution is 2.37. The van der Waals surface area contributed by atoms with Crippen molar-refractivity contribution in [2.45, 2.75) is 31.6 Å². The summed E-state index contributed by atoms with van der Waals surface area (Å²) in [6, 6.07) is 0.899. The van der Waals surface area contributed by atoms with Gasteiger partial charge in [-0.1, -0.05) is 12.2 Å². The normalized spacial score (nSPS) is 15.8. The van der Waals surface area contributed by atoms with Crippen molar-refractivity contribution in [1.82, 2.24) is 4.90 Å². The van der Waals surface area contributed by atoms with Crippen molar-refractivity contribution in [3.8, 4) is 0 Å². The molecule has 2 rings (SSSR count). The van der Waals surface area contributed by atoms with Gasteiger partial charge < -0.3 is 10.2 Å². The minimum atomic E-state index is -4.98. The van der Waals surface area contributed by atoms with E-state index in [4.69, 9.17) is 12.2 Å². The van der Waals surface area contributed by atoms with Gasteiger partial charge in [-0.3, -0.25) is 4.79 Å². The third kappa shape index (κ3) is 5.07. The van der Waals surface area contributed by atoms with E-state index in [0.717, 1.165) is 19.3 Å². The molecule has 1 amide bonds. The number of alkyl halides is 6. The van der Waals surface area contributed by atoms with Gasteiger partial charge in [0.1, 0.15) is 0 Å². The van der Waals surface area contributed by atoms with Crippen LogP contribution in [0, 0.1) is 0 Å². The minimum absolute atomic E-state index is 0.00138. The van der Waals surface area contributed by atoms with Crippen molar-refractivity contribution < 1.29 is 31.1 Å². The molecule has 0 saturated carbocycles. The molecule has 0 aromatic heterocycles. The number of benzene rings is 1. The molecule has 1 aliphatic heterocycles. The first-order valence-electron chi connectivity index (χ1n) is 7.38. The molecular formula is C15H14F6N2OS. The molecule has 0 aliphatic carbocycles. The summed E-state index contributed by atoms with van der Waals surface area (Å²) in [5.41, 5.74) is -3.60. The molecule has 0 atom stereocenters. The number of nitrogens with one attached hydrogen (secondary N) is 1. The average molecular weight is 384 g/mol. The van der Waals surface area contributed by atoms with Gasteiger partial charge in [-0.15, -0.1) is 0 Å². The Balaban J connectivity index is 2.25. The van der Waals surface area contributed by atoms with Crippen LogP contribution in [0.2, 0.25) is 0 Å². The van der Waals surface area contributed by atoms with Crippen LogP contribution in [-0.2, 0) is 17.1 Å². The maximum Gasteiger partial charge on any atom is 0.416 e. The first kappa shape index (κ1) is 19.5. The topological polar surface area (TPSA) is 32.3 Å². The molecule has 1 aliphatic rings. The quantitative estimate of drug-likeness (QED) is 0.573. The zero-order chi connectivity index (χ0) is 18.8. The Bertz CT molecular complexity index is 633. The fourth-order valence-electron chi connectivity index (χ4n) is 2.45. The molecule has 138 valence electrons. The Labute approximate surface area is 145 Å². The van der Waals surface area contributed by atoms with Crippen molar-refractivity contribution in [2.75, 3.05) is 18.4 Å². The van der Waals surface area contributed by atoms with Crippen LogP contribution < -0.4 is 5.32 Å². The van der Waals surface area contributed by atoms with Crippen LogP contribution in [0.1, 0.15) is 30.4 Å². The fourth-order valence-corrected chi connectivity index (χ4v) is 2.69. The van der Waals surface area contributed by atoms with E-state index in [1.165, 1.54) is 0 Å². The third-order valence-corrected chi connectivity index (χ3v) is 4.13. The van der Waals surface area contributed by atoms with Crippen molar-refractivity contribution in [3.05, 3.63) is 29.3 Å². The smallest absolute Gasteiger partial charge is 0.358 e. The molecule has 0 unspecified atom stereocenters. The van der Waals surface area contributed by atoms with Crippen LogP contribution in [-0.4, -0.2) is 28.9 Å². The lowest BCUT2D eigenvalue weighted by atomic mass is 10.1. The first-order valence-corrected chi connectivity index (χ1v) is 7.79. The Morgan fingerprint density at radius 2 is 1.40 bits per heavy atom. The molecule has 0 spiro atoms.